The Balaban J connectivity index is 0. The van der Waals surface area contributed by atoms with Gasteiger partial charge in [0.2, 0.25) is 0 Å². The van der Waals surface area contributed by atoms with Crippen molar-refractivity contribution in [3.63, 3.8) is 0 Å². The first kappa shape index (κ1) is 34.1. The molecule has 0 nitrogen and oxygen atoms in total. The van der Waals surface area contributed by atoms with Gasteiger partial charge in [-0.2, -0.15) is 0 Å². The predicted octanol–water partition coefficient (Wildman–Crippen LogP) is -0.0100. The van der Waals surface area contributed by atoms with Gasteiger partial charge in [0.05, 0.1) is 0 Å². The first-order valence-corrected chi connectivity index (χ1v) is 0. The van der Waals surface area contributed by atoms with E-state index >= 15 is 0 Å². The molecule has 0 saturated heterocycles. The van der Waals surface area contributed by atoms with Crippen LogP contribution >= 0.6 is 0 Å². The van der Waals surface area contributed by atoms with Crippen LogP contribution in [0.5, 0.6) is 0 Å². The van der Waals surface area contributed by atoms with Crippen molar-refractivity contribution >= 4 is 0 Å². The summed E-state index contributed by atoms with van der Waals surface area (Å²) in [5, 5.41) is 0. The minimum atomic E-state index is 0. The summed E-state index contributed by atoms with van der Waals surface area (Å²) in [6, 6.07) is 0. The molecule has 1 radical (unpaired) electrons. The molecular weight excluding hydrogens is 217 g/mol. The van der Waals surface area contributed by atoms with E-state index in [0.717, 1.165) is 0 Å². The van der Waals surface area contributed by atoms with E-state index in [0.29, 0.717) is 0 Å². The largest absolute Gasteiger partial charge is 0 e. The Hall–Kier alpha value is 2.25. The van der Waals surface area contributed by atoms with E-state index in [9.17, 15) is 0 Å². The molecule has 0 fully saturated rings. The van der Waals surface area contributed by atoms with Crippen LogP contribution in [0.1, 0.15) is 0 Å². The molecule has 0 aliphatic rings. The van der Waals surface area contributed by atoms with E-state index in [1.165, 1.54) is 0 Å². The summed E-state index contributed by atoms with van der Waals surface area (Å²) < 4.78 is 0. The number of hydrogen-bond acceptors (Lipinski definition) is 0. The van der Waals surface area contributed by atoms with Crippen LogP contribution in [0.2, 0.25) is 0 Å². The molecule has 4 heavy (non-hydrogen) atoms. The summed E-state index contributed by atoms with van der Waals surface area (Å²) in [5.74, 6) is 0. The average Bonchev–Trinajstić information content (AvgIpc) is 0. The molecule has 0 unspecified atom stereocenters. The SMILES string of the molecule is [Co].[Cr].[Ni].[Ti]. The normalized spacial score (nSPS) is 0. The van der Waals surface area contributed by atoms with Crippen molar-refractivity contribution in [3.05, 3.63) is 0 Å². The molecule has 0 spiro atoms. The van der Waals surface area contributed by atoms with E-state index in [-0.39, 0.29) is 72.3 Å². The third-order valence-corrected chi connectivity index (χ3v) is 0. The first-order valence-electron chi connectivity index (χ1n) is 0. The molecule has 0 aromatic heterocycles. The summed E-state index contributed by atoms with van der Waals surface area (Å²) in [4.78, 5) is 0. The molecule has 0 atom stereocenters. The van der Waals surface area contributed by atoms with Crippen molar-refractivity contribution in [2.45, 2.75) is 0 Å². The third kappa shape index (κ3) is 8.87. The molecule has 0 heterocycles. The molecule has 0 aromatic carbocycles. The van der Waals surface area contributed by atoms with E-state index in [4.69, 9.17) is 0 Å². The van der Waals surface area contributed by atoms with Gasteiger partial charge >= 0.3 is 0 Å². The molecule has 0 bridgehead atoms. The van der Waals surface area contributed by atoms with Crippen LogP contribution in [0.25, 0.3) is 0 Å². The minimum absolute atomic E-state index is 0. The molecule has 0 N–H and O–H groups in total. The fourth-order valence-electron chi connectivity index (χ4n) is 0. The zero-order valence-electron chi connectivity index (χ0n) is 1.56. The molecule has 0 amide bonds. The second kappa shape index (κ2) is 18.7. The second-order valence-electron chi connectivity index (χ2n) is 0. The van der Waals surface area contributed by atoms with E-state index in [2.05, 4.69) is 0 Å². The van der Waals surface area contributed by atoms with Gasteiger partial charge in [0.25, 0.3) is 0 Å². The van der Waals surface area contributed by atoms with Crippen molar-refractivity contribution in [2.24, 2.45) is 0 Å². The molecule has 0 aliphatic carbocycles. The fraction of sp³-hybridized carbons (Fsp3) is 0. The van der Waals surface area contributed by atoms with Crippen molar-refractivity contribution in [3.8, 4) is 0 Å². The predicted molar refractivity (Wildman–Crippen MR) is 0 cm³/mol. The van der Waals surface area contributed by atoms with Gasteiger partial charge in [-0.3, -0.25) is 0 Å². The monoisotopic (exact) mass is 217 g/mol. The second-order valence-corrected chi connectivity index (χ2v) is 0. The minimum Gasteiger partial charge on any atom is 0 e. The van der Waals surface area contributed by atoms with Gasteiger partial charge in [-0.25, -0.2) is 0 Å². The van der Waals surface area contributed by atoms with Crippen LogP contribution in [0.15, 0.2) is 0 Å². The van der Waals surface area contributed by atoms with Gasteiger partial charge in [-0.05, 0) is 0 Å². The van der Waals surface area contributed by atoms with Gasteiger partial charge in [0.15, 0.2) is 0 Å². The maximum absolute atomic E-state index is 0. The van der Waals surface area contributed by atoms with E-state index < -0.39 is 0 Å². The summed E-state index contributed by atoms with van der Waals surface area (Å²) in [7, 11) is 0. The Kier molecular flexibility index (Phi) is 160. The van der Waals surface area contributed by atoms with Crippen molar-refractivity contribution in [1.82, 2.24) is 0 Å². The Bertz CT molecular complexity index is 8.00. The Morgan fingerprint density at radius 3 is 1.00 bits per heavy atom. The standard InChI is InChI=1S/Co.Cr.Ni.Ti. The quantitative estimate of drug-likeness (QED) is 0.501. The smallest absolute Gasteiger partial charge is 0 e. The topological polar surface area (TPSA) is 0 Å². The Morgan fingerprint density at radius 2 is 1.00 bits per heavy atom. The fourth-order valence-corrected chi connectivity index (χ4v) is 0. The number of hydrogen-bond donors (Lipinski definition) is 0. The van der Waals surface area contributed by atoms with Crippen LogP contribution in [0.3, 0.4) is 0 Å². The van der Waals surface area contributed by atoms with Crippen molar-refractivity contribution in [1.29, 1.82) is 0 Å². The van der Waals surface area contributed by atoms with Crippen LogP contribution < -0.4 is 0 Å². The Labute approximate surface area is 71.6 Å². The summed E-state index contributed by atoms with van der Waals surface area (Å²) in [6.07, 6.45) is 0. The molecule has 29 valence electrons. The van der Waals surface area contributed by atoms with Crippen LogP contribution in [-0.4, -0.2) is 0 Å². The molecule has 4 heteroatoms. The van der Waals surface area contributed by atoms with Crippen LogP contribution in [0.4, 0.5) is 0 Å². The zero-order valence-corrected chi connectivity index (χ0v) is 6.42. The van der Waals surface area contributed by atoms with Gasteiger partial charge in [-0.15, -0.1) is 0 Å². The van der Waals surface area contributed by atoms with E-state index in [1.807, 2.05) is 0 Å². The van der Waals surface area contributed by atoms with Crippen molar-refractivity contribution in [2.75, 3.05) is 0 Å². The zero-order chi connectivity index (χ0) is 0. The van der Waals surface area contributed by atoms with Crippen LogP contribution in [0, 0.1) is 0 Å². The third-order valence-electron chi connectivity index (χ3n) is 0. The molecule has 0 rings (SSSR count). The summed E-state index contributed by atoms with van der Waals surface area (Å²) in [6.45, 7) is 0. The molecule has 0 aliphatic heterocycles. The number of rotatable bonds is 0. The van der Waals surface area contributed by atoms with E-state index in [1.54, 1.807) is 0 Å². The average molecular weight is 217 g/mol. The van der Waals surface area contributed by atoms with Gasteiger partial charge in [0.1, 0.15) is 0 Å². The van der Waals surface area contributed by atoms with Gasteiger partial charge in [0, 0.05) is 72.3 Å². The molecular formula is CoCrNiTi. The maximum Gasteiger partial charge on any atom is 0 e. The Morgan fingerprint density at radius 1 is 1.00 bits per heavy atom. The first-order chi connectivity index (χ1) is 0. The van der Waals surface area contributed by atoms with Gasteiger partial charge in [-0.1, -0.05) is 0 Å². The van der Waals surface area contributed by atoms with Crippen molar-refractivity contribution < 1.29 is 72.3 Å². The molecule has 0 aromatic rings. The summed E-state index contributed by atoms with van der Waals surface area (Å²) in [5.41, 5.74) is 0. The van der Waals surface area contributed by atoms with Gasteiger partial charge < -0.3 is 0 Å². The molecule has 0 saturated carbocycles. The van der Waals surface area contributed by atoms with Crippen LogP contribution in [-0.2, 0) is 72.3 Å². The summed E-state index contributed by atoms with van der Waals surface area (Å²) >= 11 is 0. The maximum atomic E-state index is 0.